The lowest BCUT2D eigenvalue weighted by Crippen LogP contribution is -2.51. The van der Waals surface area contributed by atoms with Gasteiger partial charge in [-0.2, -0.15) is 13.2 Å². The van der Waals surface area contributed by atoms with E-state index in [4.69, 9.17) is 0 Å². The fourth-order valence-electron chi connectivity index (χ4n) is 7.24. The van der Waals surface area contributed by atoms with Gasteiger partial charge in [-0.1, -0.05) is 44.0 Å². The summed E-state index contributed by atoms with van der Waals surface area (Å²) in [5.74, 6) is -1.99. The predicted octanol–water partition coefficient (Wildman–Crippen LogP) is 8.02. The van der Waals surface area contributed by atoms with Crippen molar-refractivity contribution in [2.24, 2.45) is 11.8 Å². The molecule has 4 nitrogen and oxygen atoms in total. The Kier molecular flexibility index (Phi) is 8.11. The van der Waals surface area contributed by atoms with Crippen molar-refractivity contribution in [2.75, 3.05) is 6.54 Å². The SMILES string of the molecule is CC(F)(c1c(Br)cc2c(c1Br)CC[C@H]1N(C(=O)[C@H]3CC[C@H](C(=O)O)CC3)CC[C@@]21Cc1ccc(F)cc1)C(F)(F)F. The monoisotopic (exact) mass is 705 g/mol. The molecule has 2 aromatic rings. The lowest BCUT2D eigenvalue weighted by atomic mass is 9.63. The molecule has 0 radical (unpaired) electrons. The van der Waals surface area contributed by atoms with E-state index < -0.39 is 40.5 Å². The smallest absolute Gasteiger partial charge is 0.426 e. The largest absolute Gasteiger partial charge is 0.481 e. The molecule has 3 atom stereocenters. The minimum Gasteiger partial charge on any atom is -0.481 e. The molecule has 1 aliphatic heterocycles. The summed E-state index contributed by atoms with van der Waals surface area (Å²) >= 11 is 6.58. The van der Waals surface area contributed by atoms with Crippen LogP contribution in [0.2, 0.25) is 0 Å². The number of rotatable bonds is 5. The van der Waals surface area contributed by atoms with Crippen LogP contribution in [0, 0.1) is 17.7 Å². The number of hydrogen-bond acceptors (Lipinski definition) is 2. The van der Waals surface area contributed by atoms with E-state index in [1.807, 2.05) is 4.90 Å². The molecule has 2 fully saturated rings. The van der Waals surface area contributed by atoms with Crippen molar-refractivity contribution in [3.8, 4) is 0 Å². The molecule has 0 aromatic heterocycles. The van der Waals surface area contributed by atoms with E-state index in [9.17, 15) is 32.3 Å². The highest BCUT2D eigenvalue weighted by molar-refractivity contribution is 9.11. The summed E-state index contributed by atoms with van der Waals surface area (Å²) in [6.45, 7) is 0.947. The Bertz CT molecular complexity index is 1360. The average Bonchev–Trinajstić information content (AvgIpc) is 3.28. The molecule has 222 valence electrons. The van der Waals surface area contributed by atoms with E-state index in [2.05, 4.69) is 31.9 Å². The van der Waals surface area contributed by atoms with E-state index in [0.717, 1.165) is 11.1 Å². The van der Waals surface area contributed by atoms with E-state index in [1.165, 1.54) is 12.1 Å². The second kappa shape index (κ2) is 10.9. The Balaban J connectivity index is 1.56. The highest BCUT2D eigenvalue weighted by Crippen LogP contribution is 2.55. The molecule has 0 bridgehead atoms. The molecule has 1 unspecified atom stereocenters. The van der Waals surface area contributed by atoms with Crippen molar-refractivity contribution in [3.63, 3.8) is 0 Å². The van der Waals surface area contributed by atoms with Crippen LogP contribution >= 0.6 is 31.9 Å². The molecule has 3 aliphatic rings. The highest BCUT2D eigenvalue weighted by atomic mass is 79.9. The number of carbonyl (C=O) groups is 2. The Morgan fingerprint density at radius 1 is 1.02 bits per heavy atom. The van der Waals surface area contributed by atoms with E-state index >= 15 is 4.39 Å². The summed E-state index contributed by atoms with van der Waals surface area (Å²) in [5, 5.41) is 9.36. The summed E-state index contributed by atoms with van der Waals surface area (Å²) < 4.78 is 70.5. The van der Waals surface area contributed by atoms with Crippen LogP contribution in [-0.2, 0) is 33.5 Å². The number of fused-ring (bicyclic) bond motifs is 3. The second-order valence-electron chi connectivity index (χ2n) is 11.8. The van der Waals surface area contributed by atoms with Crippen LogP contribution < -0.4 is 0 Å². The van der Waals surface area contributed by atoms with Gasteiger partial charge in [-0.05, 0) is 93.2 Å². The Morgan fingerprint density at radius 2 is 1.63 bits per heavy atom. The molecule has 5 rings (SSSR count). The number of halogens is 7. The Hall–Kier alpha value is -2.01. The van der Waals surface area contributed by atoms with Crippen LogP contribution in [0.25, 0.3) is 0 Å². The molecule has 1 amide bonds. The van der Waals surface area contributed by atoms with Gasteiger partial charge in [0.25, 0.3) is 0 Å². The number of nitrogens with zero attached hydrogens (tertiary/aromatic N) is 1. The number of alkyl halides is 4. The van der Waals surface area contributed by atoms with Crippen molar-refractivity contribution >= 4 is 43.7 Å². The third-order valence-electron chi connectivity index (χ3n) is 9.48. The maximum atomic E-state index is 15.3. The van der Waals surface area contributed by atoms with E-state index in [0.29, 0.717) is 70.4 Å². The number of hydrogen-bond donors (Lipinski definition) is 1. The summed E-state index contributed by atoms with van der Waals surface area (Å²) in [5.41, 5.74) is -2.64. The van der Waals surface area contributed by atoms with Gasteiger partial charge in [0.2, 0.25) is 11.6 Å². The first-order valence-electron chi connectivity index (χ1n) is 13.7. The zero-order chi connectivity index (χ0) is 29.9. The number of carbonyl (C=O) groups excluding carboxylic acids is 1. The first-order valence-corrected chi connectivity index (χ1v) is 15.3. The topological polar surface area (TPSA) is 57.6 Å². The van der Waals surface area contributed by atoms with Crippen molar-refractivity contribution in [1.82, 2.24) is 4.90 Å². The van der Waals surface area contributed by atoms with E-state index in [-0.39, 0.29) is 26.8 Å². The lowest BCUT2D eigenvalue weighted by Gasteiger charge is -2.45. The fraction of sp³-hybridized carbons (Fsp3) is 0.533. The van der Waals surface area contributed by atoms with Gasteiger partial charge in [0.05, 0.1) is 5.92 Å². The molecule has 1 saturated heterocycles. The summed E-state index contributed by atoms with van der Waals surface area (Å²) in [6, 6.07) is 7.38. The molecular formula is C30H30Br2F5NO3. The molecule has 11 heteroatoms. The van der Waals surface area contributed by atoms with Crippen molar-refractivity contribution in [1.29, 1.82) is 0 Å². The first kappa shape index (κ1) is 30.4. The molecule has 2 aliphatic carbocycles. The molecule has 41 heavy (non-hydrogen) atoms. The molecule has 1 saturated carbocycles. The van der Waals surface area contributed by atoms with Crippen LogP contribution in [0.5, 0.6) is 0 Å². The third kappa shape index (κ3) is 5.23. The van der Waals surface area contributed by atoms with Gasteiger partial charge in [-0.3, -0.25) is 9.59 Å². The van der Waals surface area contributed by atoms with E-state index in [1.54, 1.807) is 18.2 Å². The fourth-order valence-corrected chi connectivity index (χ4v) is 9.31. The van der Waals surface area contributed by atoms with Crippen LogP contribution in [-0.4, -0.2) is 40.6 Å². The van der Waals surface area contributed by atoms with Crippen LogP contribution in [0.1, 0.15) is 67.7 Å². The van der Waals surface area contributed by atoms with Crippen LogP contribution in [0.4, 0.5) is 22.0 Å². The molecular weight excluding hydrogens is 677 g/mol. The average molecular weight is 707 g/mol. The maximum absolute atomic E-state index is 15.3. The van der Waals surface area contributed by atoms with Gasteiger partial charge in [-0.25, -0.2) is 8.78 Å². The molecule has 2 aromatic carbocycles. The zero-order valence-corrected chi connectivity index (χ0v) is 25.5. The number of benzene rings is 2. The quantitative estimate of drug-likeness (QED) is 0.321. The van der Waals surface area contributed by atoms with Gasteiger partial charge in [0.15, 0.2) is 0 Å². The van der Waals surface area contributed by atoms with Crippen molar-refractivity contribution in [2.45, 2.75) is 81.6 Å². The summed E-state index contributed by atoms with van der Waals surface area (Å²) in [6.07, 6.45) is -1.50. The minimum atomic E-state index is -5.13. The molecule has 1 heterocycles. The molecule has 0 spiro atoms. The minimum absolute atomic E-state index is 0.0126. The lowest BCUT2D eigenvalue weighted by molar-refractivity contribution is -0.229. The number of aliphatic carboxylic acids is 1. The van der Waals surface area contributed by atoms with Gasteiger partial charge in [0, 0.05) is 38.4 Å². The van der Waals surface area contributed by atoms with Gasteiger partial charge < -0.3 is 10.0 Å². The first-order chi connectivity index (χ1) is 19.2. The zero-order valence-electron chi connectivity index (χ0n) is 22.3. The van der Waals surface area contributed by atoms with Crippen molar-refractivity contribution < 1.29 is 36.6 Å². The molecule has 1 N–H and O–H groups in total. The second-order valence-corrected chi connectivity index (χ2v) is 13.4. The Morgan fingerprint density at radius 3 is 2.22 bits per heavy atom. The van der Waals surface area contributed by atoms with Crippen molar-refractivity contribution in [3.05, 3.63) is 67.3 Å². The highest BCUT2D eigenvalue weighted by Gasteiger charge is 2.58. The van der Waals surface area contributed by atoms with Crippen LogP contribution in [0.15, 0.2) is 39.3 Å². The number of carboxylic acid groups (broad SMARTS) is 1. The Labute approximate surface area is 251 Å². The normalized spacial score (nSPS) is 27.6. The van der Waals surface area contributed by atoms with Crippen LogP contribution in [0.3, 0.4) is 0 Å². The standard InChI is InChI=1S/C30H30Br2F5NO3/c1-28(34,30(35,36)37)24-22(31)14-21-20(25(24)32)10-11-23-29(21,15-16-2-8-19(33)9-3-16)12-13-38(23)26(39)17-4-6-18(7-5-17)27(40)41/h2-3,8-9,14,17-18,23H,4-7,10-13,15H2,1H3,(H,40,41)/t17-,18-,23-,28?,29-/m1/s1. The van der Waals surface area contributed by atoms with Gasteiger partial charge in [0.1, 0.15) is 5.82 Å². The summed E-state index contributed by atoms with van der Waals surface area (Å²) in [7, 11) is 0. The maximum Gasteiger partial charge on any atom is 0.426 e. The van der Waals surface area contributed by atoms with Gasteiger partial charge in [-0.15, -0.1) is 0 Å². The number of likely N-dealkylation sites (tertiary alicyclic amines) is 1. The predicted molar refractivity (Wildman–Crippen MR) is 150 cm³/mol. The number of amides is 1. The third-order valence-corrected chi connectivity index (χ3v) is 11.0. The number of carboxylic acids is 1. The van der Waals surface area contributed by atoms with Gasteiger partial charge >= 0.3 is 12.1 Å². The summed E-state index contributed by atoms with van der Waals surface area (Å²) in [4.78, 5) is 27.1.